The van der Waals surface area contributed by atoms with Crippen molar-refractivity contribution in [2.45, 2.75) is 33.2 Å². The Balaban J connectivity index is 2.24. The second-order valence-corrected chi connectivity index (χ2v) is 5.72. The summed E-state index contributed by atoms with van der Waals surface area (Å²) in [4.78, 5) is 0. The fourth-order valence-corrected chi connectivity index (χ4v) is 2.64. The number of hydrogen-bond acceptors (Lipinski definition) is 1. The average molecular weight is 288 g/mol. The van der Waals surface area contributed by atoms with Crippen molar-refractivity contribution in [2.75, 3.05) is 6.54 Å². The lowest BCUT2D eigenvalue weighted by Crippen LogP contribution is -2.23. The average Bonchev–Trinajstić information content (AvgIpc) is 2.41. The lowest BCUT2D eigenvalue weighted by Gasteiger charge is -2.19. The highest BCUT2D eigenvalue weighted by molar-refractivity contribution is 6.31. The quantitative estimate of drug-likeness (QED) is 0.829. The molecule has 0 amide bonds. The highest BCUT2D eigenvalue weighted by Crippen LogP contribution is 2.24. The molecular formula is C18H22ClN. The second kappa shape index (κ2) is 6.92. The van der Waals surface area contributed by atoms with E-state index in [-0.39, 0.29) is 0 Å². The molecule has 0 aliphatic rings. The molecule has 1 N–H and O–H groups in total. The smallest absolute Gasteiger partial charge is 0.0438 e. The zero-order chi connectivity index (χ0) is 14.5. The van der Waals surface area contributed by atoms with Crippen molar-refractivity contribution in [1.29, 1.82) is 0 Å². The van der Waals surface area contributed by atoms with Gasteiger partial charge in [0.05, 0.1) is 0 Å². The number of benzene rings is 2. The largest absolute Gasteiger partial charge is 0.310 e. The van der Waals surface area contributed by atoms with Crippen molar-refractivity contribution < 1.29 is 0 Å². The third-order valence-corrected chi connectivity index (χ3v) is 3.98. The van der Waals surface area contributed by atoms with Gasteiger partial charge >= 0.3 is 0 Å². The van der Waals surface area contributed by atoms with Gasteiger partial charge in [0.25, 0.3) is 0 Å². The zero-order valence-electron chi connectivity index (χ0n) is 12.4. The molecule has 1 unspecified atom stereocenters. The van der Waals surface area contributed by atoms with Crippen LogP contribution in [0.15, 0.2) is 42.5 Å². The molecule has 0 saturated carbocycles. The van der Waals surface area contributed by atoms with Crippen LogP contribution in [-0.2, 0) is 6.42 Å². The lowest BCUT2D eigenvalue weighted by molar-refractivity contribution is 0.549. The van der Waals surface area contributed by atoms with Gasteiger partial charge in [0, 0.05) is 11.1 Å². The first-order chi connectivity index (χ1) is 9.60. The van der Waals surface area contributed by atoms with Crippen LogP contribution in [0.1, 0.15) is 35.2 Å². The minimum absolute atomic E-state index is 0.305. The summed E-state index contributed by atoms with van der Waals surface area (Å²) in [5.41, 5.74) is 5.04. The summed E-state index contributed by atoms with van der Waals surface area (Å²) in [5.74, 6) is 0. The molecule has 2 aromatic rings. The van der Waals surface area contributed by atoms with E-state index in [2.05, 4.69) is 61.6 Å². The number of halogens is 1. The van der Waals surface area contributed by atoms with E-state index in [9.17, 15) is 0 Å². The predicted octanol–water partition coefficient (Wildman–Crippen LogP) is 4.85. The van der Waals surface area contributed by atoms with Crippen LogP contribution >= 0.6 is 11.6 Å². The van der Waals surface area contributed by atoms with E-state index in [0.29, 0.717) is 6.04 Å². The first-order valence-corrected chi connectivity index (χ1v) is 7.53. The number of aryl methyl sites for hydroxylation is 2. The maximum atomic E-state index is 6.26. The highest BCUT2D eigenvalue weighted by atomic mass is 35.5. The normalized spacial score (nSPS) is 12.4. The molecule has 0 aliphatic heterocycles. The van der Waals surface area contributed by atoms with Crippen molar-refractivity contribution in [2.24, 2.45) is 0 Å². The summed E-state index contributed by atoms with van der Waals surface area (Å²) in [6, 6.07) is 15.3. The van der Waals surface area contributed by atoms with E-state index >= 15 is 0 Å². The van der Waals surface area contributed by atoms with Crippen LogP contribution in [0.25, 0.3) is 0 Å². The number of likely N-dealkylation sites (N-methyl/N-ethyl adjacent to an activating group) is 1. The van der Waals surface area contributed by atoms with Gasteiger partial charge in [-0.2, -0.15) is 0 Å². The maximum absolute atomic E-state index is 6.26. The van der Waals surface area contributed by atoms with E-state index in [1.54, 1.807) is 0 Å². The third kappa shape index (κ3) is 3.84. The molecule has 0 bridgehead atoms. The van der Waals surface area contributed by atoms with E-state index in [4.69, 9.17) is 11.6 Å². The molecule has 2 heteroatoms. The van der Waals surface area contributed by atoms with Crippen LogP contribution in [-0.4, -0.2) is 6.54 Å². The zero-order valence-corrected chi connectivity index (χ0v) is 13.2. The van der Waals surface area contributed by atoms with Crippen molar-refractivity contribution in [1.82, 2.24) is 5.32 Å². The Kier molecular flexibility index (Phi) is 5.22. The van der Waals surface area contributed by atoms with Crippen molar-refractivity contribution in [3.8, 4) is 0 Å². The van der Waals surface area contributed by atoms with Crippen molar-refractivity contribution >= 4 is 11.6 Å². The summed E-state index contributed by atoms with van der Waals surface area (Å²) in [6.45, 7) is 7.25. The molecule has 0 fully saturated rings. The van der Waals surface area contributed by atoms with Gasteiger partial charge in [-0.15, -0.1) is 0 Å². The molecule has 106 valence electrons. The maximum Gasteiger partial charge on any atom is 0.0438 e. The molecule has 0 spiro atoms. The van der Waals surface area contributed by atoms with Crippen molar-refractivity contribution in [3.63, 3.8) is 0 Å². The van der Waals surface area contributed by atoms with Gasteiger partial charge in [-0.3, -0.25) is 0 Å². The van der Waals surface area contributed by atoms with Crippen molar-refractivity contribution in [3.05, 3.63) is 69.7 Å². The third-order valence-electron chi connectivity index (χ3n) is 3.57. The van der Waals surface area contributed by atoms with Crippen LogP contribution < -0.4 is 5.32 Å². The van der Waals surface area contributed by atoms with Crippen LogP contribution in [0.2, 0.25) is 5.02 Å². The van der Waals surface area contributed by atoms with Gasteiger partial charge in [0.1, 0.15) is 0 Å². The van der Waals surface area contributed by atoms with Crippen LogP contribution in [0.4, 0.5) is 0 Å². The molecule has 0 heterocycles. The van der Waals surface area contributed by atoms with E-state index in [0.717, 1.165) is 23.6 Å². The molecule has 0 aliphatic carbocycles. The van der Waals surface area contributed by atoms with E-state index in [1.165, 1.54) is 16.7 Å². The van der Waals surface area contributed by atoms with E-state index in [1.807, 2.05) is 6.92 Å². The Morgan fingerprint density at radius 2 is 1.90 bits per heavy atom. The van der Waals surface area contributed by atoms with Gasteiger partial charge in [-0.1, -0.05) is 60.5 Å². The fourth-order valence-electron chi connectivity index (χ4n) is 2.45. The molecule has 2 aromatic carbocycles. The molecule has 1 nitrogen and oxygen atoms in total. The SMILES string of the molecule is CCNC(Cc1cccc(C)c1)c1ccc(C)c(Cl)c1. The summed E-state index contributed by atoms with van der Waals surface area (Å²) in [7, 11) is 0. The van der Waals surface area contributed by atoms with Gasteiger partial charge in [0.2, 0.25) is 0 Å². The molecule has 1 atom stereocenters. The van der Waals surface area contributed by atoms with Gasteiger partial charge in [-0.05, 0) is 49.6 Å². The molecule has 20 heavy (non-hydrogen) atoms. The fraction of sp³-hybridized carbons (Fsp3) is 0.333. The van der Waals surface area contributed by atoms with Gasteiger partial charge in [-0.25, -0.2) is 0 Å². The summed E-state index contributed by atoms with van der Waals surface area (Å²) < 4.78 is 0. The Morgan fingerprint density at radius 3 is 2.55 bits per heavy atom. The number of rotatable bonds is 5. The monoisotopic (exact) mass is 287 g/mol. The minimum atomic E-state index is 0.305. The summed E-state index contributed by atoms with van der Waals surface area (Å²) in [5, 5.41) is 4.40. The van der Waals surface area contributed by atoms with Crippen LogP contribution in [0, 0.1) is 13.8 Å². The molecule has 0 saturated heterocycles. The topological polar surface area (TPSA) is 12.0 Å². The summed E-state index contributed by atoms with van der Waals surface area (Å²) >= 11 is 6.26. The van der Waals surface area contributed by atoms with Crippen LogP contribution in [0.3, 0.4) is 0 Å². The van der Waals surface area contributed by atoms with Gasteiger partial charge in [0.15, 0.2) is 0 Å². The first-order valence-electron chi connectivity index (χ1n) is 7.15. The van der Waals surface area contributed by atoms with Crippen LogP contribution in [0.5, 0.6) is 0 Å². The second-order valence-electron chi connectivity index (χ2n) is 5.31. The van der Waals surface area contributed by atoms with Gasteiger partial charge < -0.3 is 5.32 Å². The molecular weight excluding hydrogens is 266 g/mol. The Hall–Kier alpha value is -1.31. The highest BCUT2D eigenvalue weighted by Gasteiger charge is 2.12. The predicted molar refractivity (Wildman–Crippen MR) is 87.5 cm³/mol. The number of hydrogen-bond donors (Lipinski definition) is 1. The molecule has 0 aromatic heterocycles. The Labute approximate surface area is 127 Å². The Bertz CT molecular complexity index is 577. The lowest BCUT2D eigenvalue weighted by atomic mass is 9.97. The minimum Gasteiger partial charge on any atom is -0.310 e. The summed E-state index contributed by atoms with van der Waals surface area (Å²) in [6.07, 6.45) is 0.981. The standard InChI is InChI=1S/C18H22ClN/c1-4-20-18(11-15-7-5-6-13(2)10-15)16-9-8-14(3)17(19)12-16/h5-10,12,18,20H,4,11H2,1-3H3. The molecule has 2 rings (SSSR count). The molecule has 0 radical (unpaired) electrons. The number of nitrogens with one attached hydrogen (secondary N) is 1. The van der Waals surface area contributed by atoms with E-state index < -0.39 is 0 Å². The first kappa shape index (κ1) is 15.1. The Morgan fingerprint density at radius 1 is 1.10 bits per heavy atom.